The second-order valence-electron chi connectivity index (χ2n) is 2.44. The van der Waals surface area contributed by atoms with Crippen LogP contribution in [0.5, 0.6) is 0 Å². The zero-order valence-corrected chi connectivity index (χ0v) is 8.47. The van der Waals surface area contributed by atoms with E-state index in [0.717, 1.165) is 0 Å². The van der Waals surface area contributed by atoms with Crippen LogP contribution >= 0.6 is 23.2 Å². The maximum atomic E-state index is 11.0. The lowest BCUT2D eigenvalue weighted by atomic mass is 10.1. The number of ether oxygens (including phenoxy) is 1. The van der Waals surface area contributed by atoms with E-state index < -0.39 is 11.3 Å². The number of carbonyl (C=O) groups excluding carboxylic acids is 1. The van der Waals surface area contributed by atoms with E-state index in [9.17, 15) is 4.79 Å². The van der Waals surface area contributed by atoms with Crippen LogP contribution in [0.15, 0.2) is 24.3 Å². The maximum Gasteiger partial charge on any atom is 0.328 e. The topological polar surface area (TPSA) is 26.3 Å². The van der Waals surface area contributed by atoms with Gasteiger partial charge in [0.15, 0.2) is 5.38 Å². The lowest BCUT2D eigenvalue weighted by Crippen LogP contribution is -2.08. The summed E-state index contributed by atoms with van der Waals surface area (Å²) >= 11 is 11.5. The second-order valence-corrected chi connectivity index (χ2v) is 3.31. The number of halogens is 2. The largest absolute Gasteiger partial charge is 0.468 e. The molecule has 0 saturated heterocycles. The van der Waals surface area contributed by atoms with E-state index in [1.807, 2.05) is 0 Å². The molecule has 1 atom stereocenters. The number of rotatable bonds is 2. The highest BCUT2D eigenvalue weighted by Gasteiger charge is 2.17. The first kappa shape index (κ1) is 10.4. The van der Waals surface area contributed by atoms with Gasteiger partial charge < -0.3 is 4.74 Å². The quantitative estimate of drug-likeness (QED) is 0.564. The average Bonchev–Trinajstić information content (AvgIpc) is 2.17. The zero-order valence-electron chi connectivity index (χ0n) is 6.96. The Morgan fingerprint density at radius 3 is 2.38 bits per heavy atom. The fourth-order valence-electron chi connectivity index (χ4n) is 0.871. The highest BCUT2D eigenvalue weighted by atomic mass is 35.5. The first-order valence-corrected chi connectivity index (χ1v) is 4.44. The van der Waals surface area contributed by atoms with Gasteiger partial charge >= 0.3 is 5.97 Å². The van der Waals surface area contributed by atoms with E-state index in [1.165, 1.54) is 7.11 Å². The van der Waals surface area contributed by atoms with E-state index in [2.05, 4.69) is 4.74 Å². The van der Waals surface area contributed by atoms with Gasteiger partial charge in [-0.05, 0) is 17.7 Å². The molecule has 0 bridgehead atoms. The van der Waals surface area contributed by atoms with Gasteiger partial charge in [0.25, 0.3) is 0 Å². The standard InChI is InChI=1S/C9H8Cl2O2/c1-13-9(12)8(11)6-2-4-7(10)5-3-6/h2-5,8H,1H3/t8-/m0/s1. The van der Waals surface area contributed by atoms with Crippen molar-refractivity contribution < 1.29 is 9.53 Å². The number of hydrogen-bond donors (Lipinski definition) is 0. The van der Waals surface area contributed by atoms with Gasteiger partial charge in [0, 0.05) is 5.02 Å². The van der Waals surface area contributed by atoms with Crippen LogP contribution in [0.2, 0.25) is 5.02 Å². The molecule has 0 aliphatic heterocycles. The van der Waals surface area contributed by atoms with Gasteiger partial charge in [-0.1, -0.05) is 23.7 Å². The predicted octanol–water partition coefficient (Wildman–Crippen LogP) is 2.79. The van der Waals surface area contributed by atoms with Crippen LogP contribution in [-0.4, -0.2) is 13.1 Å². The van der Waals surface area contributed by atoms with Gasteiger partial charge in [-0.2, -0.15) is 0 Å². The summed E-state index contributed by atoms with van der Waals surface area (Å²) in [5.41, 5.74) is 0.679. The first-order chi connectivity index (χ1) is 6.15. The summed E-state index contributed by atoms with van der Waals surface area (Å²) in [6.45, 7) is 0. The number of methoxy groups -OCH3 is 1. The van der Waals surface area contributed by atoms with Crippen molar-refractivity contribution in [1.82, 2.24) is 0 Å². The Morgan fingerprint density at radius 2 is 1.92 bits per heavy atom. The lowest BCUT2D eigenvalue weighted by molar-refractivity contribution is -0.140. The van der Waals surface area contributed by atoms with Crippen molar-refractivity contribution in [1.29, 1.82) is 0 Å². The molecule has 70 valence electrons. The van der Waals surface area contributed by atoms with Gasteiger partial charge in [-0.25, -0.2) is 0 Å². The minimum Gasteiger partial charge on any atom is -0.468 e. The number of alkyl halides is 1. The molecule has 1 rings (SSSR count). The van der Waals surface area contributed by atoms with Crippen LogP contribution in [0.1, 0.15) is 10.9 Å². The molecule has 0 spiro atoms. The molecule has 0 aliphatic rings. The molecule has 1 aromatic carbocycles. The Balaban J connectivity index is 2.83. The lowest BCUT2D eigenvalue weighted by Gasteiger charge is -2.06. The summed E-state index contributed by atoms with van der Waals surface area (Å²) in [6, 6.07) is 6.73. The van der Waals surface area contributed by atoms with Crippen molar-refractivity contribution in [3.05, 3.63) is 34.9 Å². The summed E-state index contributed by atoms with van der Waals surface area (Å²) in [4.78, 5) is 11.0. The van der Waals surface area contributed by atoms with E-state index >= 15 is 0 Å². The fourth-order valence-corrected chi connectivity index (χ4v) is 1.23. The molecular weight excluding hydrogens is 211 g/mol. The smallest absolute Gasteiger partial charge is 0.328 e. The Bertz CT molecular complexity index is 295. The minimum absolute atomic E-state index is 0.469. The van der Waals surface area contributed by atoms with Crippen molar-refractivity contribution in [2.75, 3.05) is 7.11 Å². The summed E-state index contributed by atoms with van der Waals surface area (Å²) in [7, 11) is 1.30. The molecule has 1 aromatic rings. The van der Waals surface area contributed by atoms with Crippen molar-refractivity contribution in [3.63, 3.8) is 0 Å². The number of esters is 1. The van der Waals surface area contributed by atoms with E-state index in [1.54, 1.807) is 24.3 Å². The Morgan fingerprint density at radius 1 is 1.38 bits per heavy atom. The van der Waals surface area contributed by atoms with Crippen molar-refractivity contribution in [3.8, 4) is 0 Å². The molecule has 0 saturated carbocycles. The van der Waals surface area contributed by atoms with E-state index in [4.69, 9.17) is 23.2 Å². The maximum absolute atomic E-state index is 11.0. The van der Waals surface area contributed by atoms with Gasteiger partial charge in [0.05, 0.1) is 7.11 Å². The first-order valence-electron chi connectivity index (χ1n) is 3.62. The molecular formula is C9H8Cl2O2. The number of carbonyl (C=O) groups is 1. The minimum atomic E-state index is -0.762. The molecule has 0 heterocycles. The molecule has 2 nitrogen and oxygen atoms in total. The van der Waals surface area contributed by atoms with Crippen molar-refractivity contribution >= 4 is 29.2 Å². The molecule has 13 heavy (non-hydrogen) atoms. The van der Waals surface area contributed by atoms with Crippen molar-refractivity contribution in [2.45, 2.75) is 5.38 Å². The average molecular weight is 219 g/mol. The number of benzene rings is 1. The second kappa shape index (κ2) is 4.49. The summed E-state index contributed by atoms with van der Waals surface area (Å²) in [5.74, 6) is -0.469. The molecule has 0 unspecified atom stereocenters. The third-order valence-corrected chi connectivity index (χ3v) is 2.25. The monoisotopic (exact) mass is 218 g/mol. The van der Waals surface area contributed by atoms with Crippen LogP contribution in [0.3, 0.4) is 0 Å². The Labute approximate surface area is 86.4 Å². The van der Waals surface area contributed by atoms with Gasteiger partial charge in [0.2, 0.25) is 0 Å². The van der Waals surface area contributed by atoms with Crippen LogP contribution in [0.4, 0.5) is 0 Å². The third kappa shape index (κ3) is 2.61. The van der Waals surface area contributed by atoms with E-state index in [0.29, 0.717) is 10.6 Å². The van der Waals surface area contributed by atoms with Crippen LogP contribution in [-0.2, 0) is 9.53 Å². The molecule has 0 aromatic heterocycles. The normalized spacial score (nSPS) is 12.2. The van der Waals surface area contributed by atoms with Gasteiger partial charge in [-0.3, -0.25) is 4.79 Å². The third-order valence-electron chi connectivity index (χ3n) is 1.57. The molecule has 0 aliphatic carbocycles. The molecule has 0 amide bonds. The Hall–Kier alpha value is -0.730. The molecule has 0 radical (unpaired) electrons. The molecule has 0 fully saturated rings. The summed E-state index contributed by atoms with van der Waals surface area (Å²) in [5, 5.41) is -0.153. The van der Waals surface area contributed by atoms with Crippen molar-refractivity contribution in [2.24, 2.45) is 0 Å². The van der Waals surface area contributed by atoms with Crippen LogP contribution in [0, 0.1) is 0 Å². The van der Waals surface area contributed by atoms with Crippen LogP contribution in [0.25, 0.3) is 0 Å². The molecule has 4 heteroatoms. The molecule has 0 N–H and O–H groups in total. The summed E-state index contributed by atoms with van der Waals surface area (Å²) < 4.78 is 4.49. The highest BCUT2D eigenvalue weighted by molar-refractivity contribution is 6.31. The van der Waals surface area contributed by atoms with E-state index in [-0.39, 0.29) is 0 Å². The Kier molecular flexibility index (Phi) is 3.58. The SMILES string of the molecule is COC(=O)[C@@H](Cl)c1ccc(Cl)cc1. The van der Waals surface area contributed by atoms with Gasteiger partial charge in [-0.15, -0.1) is 11.6 Å². The fraction of sp³-hybridized carbons (Fsp3) is 0.222. The highest BCUT2D eigenvalue weighted by Crippen LogP contribution is 2.22. The van der Waals surface area contributed by atoms with Gasteiger partial charge in [0.1, 0.15) is 0 Å². The van der Waals surface area contributed by atoms with Crippen LogP contribution < -0.4 is 0 Å². The predicted molar refractivity (Wildman–Crippen MR) is 52.1 cm³/mol. The number of hydrogen-bond acceptors (Lipinski definition) is 2. The zero-order chi connectivity index (χ0) is 9.84. The summed E-state index contributed by atoms with van der Waals surface area (Å²) in [6.07, 6.45) is 0.